The summed E-state index contributed by atoms with van der Waals surface area (Å²) in [6.07, 6.45) is 3.07. The van der Waals surface area contributed by atoms with E-state index in [9.17, 15) is 33.6 Å². The van der Waals surface area contributed by atoms with Crippen LogP contribution in [0.3, 0.4) is 0 Å². The third kappa shape index (κ3) is 10.3. The van der Waals surface area contributed by atoms with Gasteiger partial charge in [0.25, 0.3) is 11.8 Å². The van der Waals surface area contributed by atoms with E-state index in [2.05, 4.69) is 52.1 Å². The maximum atomic E-state index is 14.4. The Morgan fingerprint density at radius 1 is 0.833 bits per heavy atom. The topological polar surface area (TPSA) is 215 Å². The first-order valence-corrected chi connectivity index (χ1v) is 21.2. The number of likely N-dealkylation sites (N-methyl/N-ethyl adjacent to an activating group) is 1. The van der Waals surface area contributed by atoms with Crippen LogP contribution in [-0.4, -0.2) is 92.7 Å². The fourth-order valence-electron chi connectivity index (χ4n) is 7.12. The molecule has 0 aliphatic carbocycles. The molecule has 4 atom stereocenters. The van der Waals surface area contributed by atoms with Gasteiger partial charge in [0, 0.05) is 89.1 Å². The summed E-state index contributed by atoms with van der Waals surface area (Å²) in [7, 11) is 1.45. The zero-order valence-electron chi connectivity index (χ0n) is 33.9. The smallest absolute Gasteiger partial charge is 0.271 e. The number of aromatic amines is 2. The van der Waals surface area contributed by atoms with Crippen molar-refractivity contribution < 1.29 is 33.6 Å². The van der Waals surface area contributed by atoms with Gasteiger partial charge >= 0.3 is 0 Å². The fraction of sp³-hybridized carbons (Fsp3) is 0.349. The molecule has 17 heteroatoms. The molecular weight excluding hydrogens is 852 g/mol. The number of carbonyl (C=O) groups is 7. The van der Waals surface area contributed by atoms with E-state index >= 15 is 0 Å². The van der Waals surface area contributed by atoms with Crippen molar-refractivity contribution in [2.45, 2.75) is 83.8 Å². The lowest BCUT2D eigenvalue weighted by Crippen LogP contribution is -2.53. The number of H-pyrrole nitrogens is 2. The Kier molecular flexibility index (Phi) is 13.8. The van der Waals surface area contributed by atoms with Gasteiger partial charge in [-0.2, -0.15) is 0 Å². The van der Waals surface area contributed by atoms with Gasteiger partial charge in [-0.1, -0.05) is 47.1 Å². The van der Waals surface area contributed by atoms with Crippen LogP contribution in [0.2, 0.25) is 0 Å². The molecule has 0 fully saturated rings. The highest BCUT2D eigenvalue weighted by atomic mass is 79.9. The van der Waals surface area contributed by atoms with Crippen LogP contribution in [0.25, 0.3) is 21.8 Å². The van der Waals surface area contributed by atoms with Gasteiger partial charge < -0.3 is 36.1 Å². The van der Waals surface area contributed by atoms with Crippen molar-refractivity contribution in [1.82, 2.24) is 41.1 Å². The highest BCUT2D eigenvalue weighted by molar-refractivity contribution is 9.10. The highest BCUT2D eigenvalue weighted by Crippen LogP contribution is 2.29. The molecule has 15 nitrogen and oxygen atoms in total. The Hall–Kier alpha value is -5.94. The molecular formula is C43H47BrN8O7S. The number of Topliss-reactive ketones (excluding diaryl/α,β-unsaturated/α-hetero) is 2. The van der Waals surface area contributed by atoms with Gasteiger partial charge in [0.1, 0.15) is 23.5 Å². The number of halogens is 1. The van der Waals surface area contributed by atoms with E-state index in [1.807, 2.05) is 42.5 Å². The largest absolute Gasteiger partial charge is 0.361 e. The van der Waals surface area contributed by atoms with Crippen LogP contribution in [0, 0.1) is 0 Å². The Labute approximate surface area is 358 Å². The lowest BCUT2D eigenvalue weighted by Gasteiger charge is -2.23. The minimum absolute atomic E-state index is 0.0137. The number of thiazole rings is 1. The number of carbonyl (C=O) groups excluding carboxylic acids is 7. The summed E-state index contributed by atoms with van der Waals surface area (Å²) in [6, 6.07) is 9.78. The van der Waals surface area contributed by atoms with E-state index in [1.54, 1.807) is 38.5 Å². The number of ketones is 2. The molecule has 0 saturated carbocycles. The van der Waals surface area contributed by atoms with Gasteiger partial charge in [-0.15, -0.1) is 11.3 Å². The SMILES string of the molecule is CC(C)=C1NC(=O)[C@@H](C)NC(=O)CCC(=O)[C@H](Cc2c[nH]c3cccc(Br)c23)NC(=O)[C@H](Cc2c[nH]c3ccccc23)NC(=O)c2csc(n2)[C@@H](C)CC(=O)CN(C)C1=O. The number of para-hydroxylation sites is 1. The zero-order chi connectivity index (χ0) is 43.2. The monoisotopic (exact) mass is 898 g/mol. The highest BCUT2D eigenvalue weighted by Gasteiger charge is 2.31. The number of nitrogens with one attached hydrogen (secondary N) is 6. The molecule has 6 rings (SSSR count). The summed E-state index contributed by atoms with van der Waals surface area (Å²) in [6.45, 7) is 6.26. The lowest BCUT2D eigenvalue weighted by atomic mass is 9.97. The van der Waals surface area contributed by atoms with E-state index in [4.69, 9.17) is 0 Å². The van der Waals surface area contributed by atoms with Gasteiger partial charge in [0.05, 0.1) is 17.6 Å². The van der Waals surface area contributed by atoms with Gasteiger partial charge in [-0.25, -0.2) is 4.98 Å². The molecule has 0 radical (unpaired) electrons. The predicted molar refractivity (Wildman–Crippen MR) is 231 cm³/mol. The number of aromatic nitrogens is 3. The van der Waals surface area contributed by atoms with E-state index in [0.29, 0.717) is 10.6 Å². The van der Waals surface area contributed by atoms with Gasteiger partial charge in [0.15, 0.2) is 11.6 Å². The van der Waals surface area contributed by atoms with Crippen LogP contribution in [0.4, 0.5) is 0 Å². The van der Waals surface area contributed by atoms with Crippen LogP contribution >= 0.6 is 27.3 Å². The Morgan fingerprint density at radius 2 is 1.53 bits per heavy atom. The Morgan fingerprint density at radius 3 is 2.30 bits per heavy atom. The number of rotatable bonds is 4. The lowest BCUT2D eigenvalue weighted by molar-refractivity contribution is -0.133. The average molecular weight is 900 g/mol. The van der Waals surface area contributed by atoms with Crippen molar-refractivity contribution in [3.8, 4) is 0 Å². The summed E-state index contributed by atoms with van der Waals surface area (Å²) >= 11 is 4.79. The quantitative estimate of drug-likeness (QED) is 0.138. The second-order valence-electron chi connectivity index (χ2n) is 15.3. The number of fused-ring (bicyclic) bond motifs is 4. The van der Waals surface area contributed by atoms with Crippen LogP contribution in [0.15, 0.2) is 76.0 Å². The molecule has 0 spiro atoms. The Bertz CT molecular complexity index is 2520. The van der Waals surface area contributed by atoms with Crippen molar-refractivity contribution in [3.63, 3.8) is 0 Å². The standard InChI is InChI=1S/C43H47BrN8O7S/c1-22(2)38-43(59)52(5)20-27(53)15-23(3)42-50-34(21-60-42)41(58)49-33(16-25-18-45-30-11-7-6-9-28(25)30)40(57)48-32(17-26-19-46-31-12-8-10-29(44)37(26)31)35(54)13-14-36(55)47-24(4)39(56)51-38/h6-12,18-19,21,23-24,32-33,45-46H,13-17,20H2,1-5H3,(H,47,55)(H,48,57)(H,49,58)(H,51,56)/t23-,24+,32-,33-/m0/s1. The number of amides is 5. The molecule has 1 aliphatic heterocycles. The average Bonchev–Trinajstić information content (AvgIpc) is 3.97. The first-order chi connectivity index (χ1) is 28.6. The van der Waals surface area contributed by atoms with E-state index in [1.165, 1.54) is 30.2 Å². The first-order valence-electron chi connectivity index (χ1n) is 19.5. The van der Waals surface area contributed by atoms with E-state index in [-0.39, 0.29) is 55.8 Å². The Balaban J connectivity index is 1.34. The number of hydrogen-bond donors (Lipinski definition) is 6. The molecule has 0 unspecified atom stereocenters. The van der Waals surface area contributed by atoms with Crippen LogP contribution in [0.1, 0.15) is 79.5 Å². The normalized spacial score (nSPS) is 21.1. The van der Waals surface area contributed by atoms with Gasteiger partial charge in [0.2, 0.25) is 17.7 Å². The minimum Gasteiger partial charge on any atom is -0.361 e. The summed E-state index contributed by atoms with van der Waals surface area (Å²) in [5, 5.41) is 14.7. The summed E-state index contributed by atoms with van der Waals surface area (Å²) in [5.74, 6) is -4.24. The molecule has 2 aromatic carbocycles. The predicted octanol–water partition coefficient (Wildman–Crippen LogP) is 4.74. The first kappa shape index (κ1) is 43.6. The summed E-state index contributed by atoms with van der Waals surface area (Å²) in [4.78, 5) is 108. The minimum atomic E-state index is -1.17. The molecule has 4 heterocycles. The van der Waals surface area contributed by atoms with Gasteiger partial charge in [-0.05, 0) is 55.7 Å². The molecule has 0 saturated heterocycles. The fourth-order valence-corrected chi connectivity index (χ4v) is 8.60. The number of hydrogen-bond acceptors (Lipinski definition) is 9. The van der Waals surface area contributed by atoms with E-state index < -0.39 is 59.4 Å². The number of nitrogens with zero attached hydrogens (tertiary/aromatic N) is 2. The third-order valence-electron chi connectivity index (χ3n) is 10.4. The molecule has 6 N–H and O–H groups in total. The third-order valence-corrected chi connectivity index (χ3v) is 12.1. The van der Waals surface area contributed by atoms with Crippen LogP contribution < -0.4 is 21.3 Å². The number of benzene rings is 2. The molecule has 5 aromatic rings. The molecule has 60 heavy (non-hydrogen) atoms. The maximum Gasteiger partial charge on any atom is 0.271 e. The van der Waals surface area contributed by atoms with Crippen molar-refractivity contribution >= 4 is 90.2 Å². The molecule has 3 aromatic heterocycles. The molecule has 2 bridgehead atoms. The molecule has 1 aliphatic rings. The van der Waals surface area contributed by atoms with Crippen molar-refractivity contribution in [2.24, 2.45) is 0 Å². The van der Waals surface area contributed by atoms with Crippen molar-refractivity contribution in [2.75, 3.05) is 13.6 Å². The second-order valence-corrected chi connectivity index (χ2v) is 17.1. The van der Waals surface area contributed by atoms with Gasteiger partial charge in [-0.3, -0.25) is 33.6 Å². The van der Waals surface area contributed by atoms with E-state index in [0.717, 1.165) is 37.4 Å². The maximum absolute atomic E-state index is 14.4. The van der Waals surface area contributed by atoms with Crippen LogP contribution in [0.5, 0.6) is 0 Å². The molecule has 5 amide bonds. The van der Waals surface area contributed by atoms with Crippen molar-refractivity contribution in [1.29, 1.82) is 0 Å². The second kappa shape index (κ2) is 19.0. The number of allylic oxidation sites excluding steroid dienone is 1. The van der Waals surface area contributed by atoms with Crippen molar-refractivity contribution in [3.05, 3.63) is 97.8 Å². The molecule has 314 valence electrons. The summed E-state index contributed by atoms with van der Waals surface area (Å²) in [5.41, 5.74) is 3.64. The summed E-state index contributed by atoms with van der Waals surface area (Å²) < 4.78 is 0.779. The zero-order valence-corrected chi connectivity index (χ0v) is 36.3. The van der Waals surface area contributed by atoms with Crippen LogP contribution in [-0.2, 0) is 41.6 Å².